The van der Waals surface area contributed by atoms with Gasteiger partial charge in [0.25, 0.3) is 0 Å². The van der Waals surface area contributed by atoms with Crippen LogP contribution in [-0.2, 0) is 4.79 Å². The summed E-state index contributed by atoms with van der Waals surface area (Å²) in [5.74, 6) is 0.686. The average molecular weight is 401 g/mol. The Morgan fingerprint density at radius 3 is 2.45 bits per heavy atom. The maximum absolute atomic E-state index is 12.5. The van der Waals surface area contributed by atoms with Crippen LogP contribution in [0.25, 0.3) is 16.9 Å². The van der Waals surface area contributed by atoms with Crippen LogP contribution in [0.2, 0.25) is 0 Å². The number of thioether (sulfide) groups is 1. The molecular formula is C22H19N5OS. The molecule has 1 amide bonds. The number of carbonyl (C=O) groups excluding carboxylic acids is 1. The van der Waals surface area contributed by atoms with Crippen molar-refractivity contribution >= 4 is 23.5 Å². The second kappa shape index (κ2) is 8.70. The van der Waals surface area contributed by atoms with Gasteiger partial charge in [-0.2, -0.15) is 5.10 Å². The molecule has 2 aromatic carbocycles. The van der Waals surface area contributed by atoms with E-state index in [1.165, 1.54) is 17.3 Å². The van der Waals surface area contributed by atoms with E-state index in [0.29, 0.717) is 11.0 Å². The molecule has 0 saturated heterocycles. The van der Waals surface area contributed by atoms with Crippen molar-refractivity contribution in [2.24, 2.45) is 0 Å². The first-order valence-electron chi connectivity index (χ1n) is 9.11. The maximum Gasteiger partial charge on any atom is 0.236 e. The molecule has 0 bridgehead atoms. The summed E-state index contributed by atoms with van der Waals surface area (Å²) in [5.41, 5.74) is 3.85. The van der Waals surface area contributed by atoms with Crippen molar-refractivity contribution in [3.63, 3.8) is 0 Å². The topological polar surface area (TPSA) is 72.7 Å². The molecule has 0 unspecified atom stereocenters. The molecule has 6 nitrogen and oxygen atoms in total. The van der Waals surface area contributed by atoms with Gasteiger partial charge >= 0.3 is 0 Å². The molecule has 29 heavy (non-hydrogen) atoms. The van der Waals surface area contributed by atoms with E-state index in [4.69, 9.17) is 5.10 Å². The lowest BCUT2D eigenvalue weighted by Crippen LogP contribution is -2.17. The standard InChI is InChI=1S/C22H19N5OS/c1-16-8-10-17(11-9-16)19-14-20(27(26-19)18-6-3-2-4-7-18)25-21(28)15-29-22-23-12-5-13-24-22/h2-14H,15H2,1H3,(H,25,28). The second-order valence-electron chi connectivity index (χ2n) is 6.40. The fourth-order valence-electron chi connectivity index (χ4n) is 2.77. The fourth-order valence-corrected chi connectivity index (χ4v) is 3.37. The van der Waals surface area contributed by atoms with Crippen molar-refractivity contribution in [2.45, 2.75) is 12.1 Å². The zero-order chi connectivity index (χ0) is 20.1. The summed E-state index contributed by atoms with van der Waals surface area (Å²) in [4.78, 5) is 20.8. The van der Waals surface area contributed by atoms with Gasteiger partial charge in [0.05, 0.1) is 17.1 Å². The molecular weight excluding hydrogens is 382 g/mol. The maximum atomic E-state index is 12.5. The summed E-state index contributed by atoms with van der Waals surface area (Å²) in [7, 11) is 0. The van der Waals surface area contributed by atoms with Crippen LogP contribution in [0.1, 0.15) is 5.56 Å². The molecule has 1 N–H and O–H groups in total. The van der Waals surface area contributed by atoms with Crippen LogP contribution in [-0.4, -0.2) is 31.4 Å². The molecule has 0 saturated carbocycles. The quantitative estimate of drug-likeness (QED) is 0.384. The Bertz CT molecular complexity index is 1100. The smallest absolute Gasteiger partial charge is 0.236 e. The highest BCUT2D eigenvalue weighted by molar-refractivity contribution is 7.99. The number of anilines is 1. The van der Waals surface area contributed by atoms with Crippen molar-refractivity contribution in [3.8, 4) is 16.9 Å². The first-order chi connectivity index (χ1) is 14.2. The van der Waals surface area contributed by atoms with Gasteiger partial charge in [0.2, 0.25) is 5.91 Å². The Hall–Kier alpha value is -3.45. The lowest BCUT2D eigenvalue weighted by atomic mass is 10.1. The van der Waals surface area contributed by atoms with Gasteiger partial charge in [-0.3, -0.25) is 4.79 Å². The van der Waals surface area contributed by atoms with Gasteiger partial charge in [0.15, 0.2) is 5.16 Å². The van der Waals surface area contributed by atoms with Gasteiger partial charge in [-0.05, 0) is 25.1 Å². The molecule has 0 aliphatic heterocycles. The van der Waals surface area contributed by atoms with E-state index in [-0.39, 0.29) is 11.7 Å². The summed E-state index contributed by atoms with van der Waals surface area (Å²) in [5, 5.41) is 8.26. The number of para-hydroxylation sites is 1. The van der Waals surface area contributed by atoms with Crippen molar-refractivity contribution < 1.29 is 4.79 Å². The van der Waals surface area contributed by atoms with Gasteiger partial charge in [0.1, 0.15) is 5.82 Å². The van der Waals surface area contributed by atoms with Gasteiger partial charge in [-0.1, -0.05) is 59.8 Å². The SMILES string of the molecule is Cc1ccc(-c2cc(NC(=O)CSc3ncccn3)n(-c3ccccc3)n2)cc1. The van der Waals surface area contributed by atoms with E-state index in [9.17, 15) is 4.79 Å². The molecule has 0 spiro atoms. The second-order valence-corrected chi connectivity index (χ2v) is 7.34. The van der Waals surface area contributed by atoms with Gasteiger partial charge in [0, 0.05) is 24.0 Å². The zero-order valence-corrected chi connectivity index (χ0v) is 16.6. The highest BCUT2D eigenvalue weighted by atomic mass is 32.2. The summed E-state index contributed by atoms with van der Waals surface area (Å²) in [6, 6.07) is 21.5. The molecule has 0 atom stereocenters. The number of hydrogen-bond acceptors (Lipinski definition) is 5. The third kappa shape index (κ3) is 4.70. The lowest BCUT2D eigenvalue weighted by molar-refractivity contribution is -0.113. The number of amides is 1. The molecule has 0 fully saturated rings. The first-order valence-corrected chi connectivity index (χ1v) is 10.1. The Morgan fingerprint density at radius 2 is 1.72 bits per heavy atom. The summed E-state index contributed by atoms with van der Waals surface area (Å²) in [6.45, 7) is 2.05. The van der Waals surface area contributed by atoms with E-state index in [2.05, 4.69) is 15.3 Å². The van der Waals surface area contributed by atoms with Crippen molar-refractivity contribution in [3.05, 3.63) is 84.7 Å². The van der Waals surface area contributed by atoms with Crippen LogP contribution in [0, 0.1) is 6.92 Å². The van der Waals surface area contributed by atoms with Crippen LogP contribution >= 0.6 is 11.8 Å². The Balaban J connectivity index is 1.58. The van der Waals surface area contributed by atoms with Crippen molar-refractivity contribution in [1.29, 1.82) is 0 Å². The molecule has 2 aromatic heterocycles. The van der Waals surface area contributed by atoms with Gasteiger partial charge < -0.3 is 5.32 Å². The van der Waals surface area contributed by atoms with E-state index >= 15 is 0 Å². The van der Waals surface area contributed by atoms with E-state index in [1.807, 2.05) is 67.6 Å². The molecule has 0 aliphatic rings. The van der Waals surface area contributed by atoms with Crippen LogP contribution in [0.3, 0.4) is 0 Å². The van der Waals surface area contributed by atoms with E-state index < -0.39 is 0 Å². The van der Waals surface area contributed by atoms with Crippen molar-refractivity contribution in [1.82, 2.24) is 19.7 Å². The lowest BCUT2D eigenvalue weighted by Gasteiger charge is -2.08. The summed E-state index contributed by atoms with van der Waals surface area (Å²) >= 11 is 1.29. The molecule has 0 radical (unpaired) electrons. The van der Waals surface area contributed by atoms with Crippen LogP contribution in [0.5, 0.6) is 0 Å². The number of aryl methyl sites for hydroxylation is 1. The number of hydrogen-bond donors (Lipinski definition) is 1. The zero-order valence-electron chi connectivity index (χ0n) is 15.8. The minimum Gasteiger partial charge on any atom is -0.310 e. The largest absolute Gasteiger partial charge is 0.310 e. The molecule has 7 heteroatoms. The van der Waals surface area contributed by atoms with Crippen LogP contribution in [0.15, 0.2) is 84.3 Å². The Labute approximate surface area is 173 Å². The molecule has 2 heterocycles. The number of aromatic nitrogens is 4. The molecule has 4 rings (SSSR count). The Morgan fingerprint density at radius 1 is 1.00 bits per heavy atom. The monoisotopic (exact) mass is 401 g/mol. The normalized spacial score (nSPS) is 10.7. The molecule has 4 aromatic rings. The Kier molecular flexibility index (Phi) is 5.67. The highest BCUT2D eigenvalue weighted by Gasteiger charge is 2.14. The minimum atomic E-state index is -0.144. The summed E-state index contributed by atoms with van der Waals surface area (Å²) < 4.78 is 1.75. The third-order valence-electron chi connectivity index (χ3n) is 4.20. The van der Waals surface area contributed by atoms with Crippen molar-refractivity contribution in [2.75, 3.05) is 11.1 Å². The van der Waals surface area contributed by atoms with E-state index in [1.54, 1.807) is 23.1 Å². The van der Waals surface area contributed by atoms with Gasteiger partial charge in [-0.15, -0.1) is 0 Å². The fraction of sp³-hybridized carbons (Fsp3) is 0.0909. The van der Waals surface area contributed by atoms with Gasteiger partial charge in [-0.25, -0.2) is 14.6 Å². The van der Waals surface area contributed by atoms with Crippen LogP contribution < -0.4 is 5.32 Å². The predicted octanol–water partition coefficient (Wildman–Crippen LogP) is 4.37. The average Bonchev–Trinajstić information content (AvgIpc) is 3.18. The first kappa shape index (κ1) is 18.9. The molecule has 0 aliphatic carbocycles. The minimum absolute atomic E-state index is 0.144. The highest BCUT2D eigenvalue weighted by Crippen LogP contribution is 2.25. The number of rotatable bonds is 6. The number of benzene rings is 2. The summed E-state index contributed by atoms with van der Waals surface area (Å²) in [6.07, 6.45) is 3.32. The number of nitrogens with one attached hydrogen (secondary N) is 1. The predicted molar refractivity (Wildman–Crippen MR) is 115 cm³/mol. The number of nitrogens with zero attached hydrogens (tertiary/aromatic N) is 4. The van der Waals surface area contributed by atoms with Crippen LogP contribution in [0.4, 0.5) is 5.82 Å². The number of carbonyl (C=O) groups is 1. The molecule has 144 valence electrons. The third-order valence-corrected chi connectivity index (χ3v) is 5.07. The van der Waals surface area contributed by atoms with E-state index in [0.717, 1.165) is 16.9 Å².